The van der Waals surface area contributed by atoms with E-state index in [1.165, 1.54) is 18.3 Å². The van der Waals surface area contributed by atoms with Gasteiger partial charge in [-0.05, 0) is 97.8 Å². The van der Waals surface area contributed by atoms with Crippen molar-refractivity contribution in [3.8, 4) is 34.6 Å². The van der Waals surface area contributed by atoms with Gasteiger partial charge >= 0.3 is 12.3 Å². The van der Waals surface area contributed by atoms with Gasteiger partial charge in [-0.3, -0.25) is 4.90 Å². The summed E-state index contributed by atoms with van der Waals surface area (Å²) in [6, 6.07) is 19.4. The minimum atomic E-state index is -4.72. The second-order valence-corrected chi connectivity index (χ2v) is 11.2. The van der Waals surface area contributed by atoms with Crippen LogP contribution in [0.15, 0.2) is 66.9 Å². The van der Waals surface area contributed by atoms with E-state index in [0.717, 1.165) is 53.7 Å². The van der Waals surface area contributed by atoms with E-state index >= 15 is 0 Å². The molecule has 0 bridgehead atoms. The number of alkyl halides is 3. The predicted molar refractivity (Wildman–Crippen MR) is 169 cm³/mol. The van der Waals surface area contributed by atoms with Gasteiger partial charge in [0.15, 0.2) is 0 Å². The third-order valence-corrected chi connectivity index (χ3v) is 7.74. The van der Waals surface area contributed by atoms with Crippen LogP contribution >= 0.6 is 0 Å². The van der Waals surface area contributed by atoms with Crippen molar-refractivity contribution in [2.24, 2.45) is 0 Å². The highest BCUT2D eigenvalue weighted by Crippen LogP contribution is 2.35. The van der Waals surface area contributed by atoms with Gasteiger partial charge in [0.1, 0.15) is 17.1 Å². The molecule has 12 heteroatoms. The standard InChI is InChI=1S/C35H34F3N5O4/c1-4-45-33(44)30-20-40-34(41-28-13-15-43(16-14-28)21-25-7-11-29(12-8-25)47-35(36,37)38)42-32(30)46-31-22(2)17-27(18-23(31)3)26-9-5-24(19-39)6-10-26/h5-12,17-18,20,28H,4,13-16,21H2,1-3H3,(H,40,41,42). The summed E-state index contributed by atoms with van der Waals surface area (Å²) >= 11 is 0. The average Bonchev–Trinajstić information content (AvgIpc) is 3.04. The average molecular weight is 646 g/mol. The fourth-order valence-corrected chi connectivity index (χ4v) is 5.45. The summed E-state index contributed by atoms with van der Waals surface area (Å²) in [5, 5.41) is 12.5. The minimum absolute atomic E-state index is 0.0604. The number of aryl methyl sites for hydroxylation is 2. The number of hydrogen-bond acceptors (Lipinski definition) is 9. The first kappa shape index (κ1) is 33.2. The molecule has 0 spiro atoms. The summed E-state index contributed by atoms with van der Waals surface area (Å²) in [4.78, 5) is 24.0. The monoisotopic (exact) mass is 645 g/mol. The summed E-state index contributed by atoms with van der Waals surface area (Å²) < 4.78 is 52.8. The Hall–Kier alpha value is -5.15. The quantitative estimate of drug-likeness (QED) is 0.175. The number of piperidine rings is 1. The summed E-state index contributed by atoms with van der Waals surface area (Å²) in [5.41, 5.74) is 5.17. The first-order valence-electron chi connectivity index (χ1n) is 15.2. The molecular formula is C35H34F3N5O4. The van der Waals surface area contributed by atoms with Gasteiger partial charge < -0.3 is 19.5 Å². The van der Waals surface area contributed by atoms with Gasteiger partial charge in [0, 0.05) is 25.7 Å². The third-order valence-electron chi connectivity index (χ3n) is 7.74. The molecule has 0 atom stereocenters. The van der Waals surface area contributed by atoms with Crippen LogP contribution in [-0.2, 0) is 11.3 Å². The minimum Gasteiger partial charge on any atom is -0.462 e. The molecule has 0 radical (unpaired) electrons. The van der Waals surface area contributed by atoms with Crippen LogP contribution in [0.4, 0.5) is 19.1 Å². The van der Waals surface area contributed by atoms with Crippen LogP contribution in [-0.4, -0.2) is 52.9 Å². The van der Waals surface area contributed by atoms with E-state index in [4.69, 9.17) is 14.7 Å². The fraction of sp³-hybridized carbons (Fsp3) is 0.314. The van der Waals surface area contributed by atoms with Crippen molar-refractivity contribution in [1.82, 2.24) is 14.9 Å². The number of carbonyl (C=O) groups is 1. The Morgan fingerprint density at radius 2 is 1.68 bits per heavy atom. The van der Waals surface area contributed by atoms with Gasteiger partial charge in [0.2, 0.25) is 11.8 Å². The van der Waals surface area contributed by atoms with Gasteiger partial charge in [-0.2, -0.15) is 10.2 Å². The maximum Gasteiger partial charge on any atom is 0.573 e. The number of nitrogens with zero attached hydrogens (tertiary/aromatic N) is 4. The molecule has 3 aromatic carbocycles. The molecule has 5 rings (SSSR count). The zero-order valence-corrected chi connectivity index (χ0v) is 26.2. The van der Waals surface area contributed by atoms with Crippen LogP contribution < -0.4 is 14.8 Å². The normalized spacial score (nSPS) is 13.9. The predicted octanol–water partition coefficient (Wildman–Crippen LogP) is 7.58. The SMILES string of the molecule is CCOC(=O)c1cnc(NC2CCN(Cc3ccc(OC(F)(F)F)cc3)CC2)nc1Oc1c(C)cc(-c2ccc(C#N)cc2)cc1C. The molecule has 244 valence electrons. The van der Waals surface area contributed by atoms with E-state index in [-0.39, 0.29) is 29.8 Å². The molecule has 1 aliphatic heterocycles. The van der Waals surface area contributed by atoms with Gasteiger partial charge in [0.05, 0.1) is 24.4 Å². The maximum atomic E-state index is 12.8. The van der Waals surface area contributed by atoms with Crippen molar-refractivity contribution in [1.29, 1.82) is 5.26 Å². The first-order valence-corrected chi connectivity index (χ1v) is 15.2. The van der Waals surface area contributed by atoms with E-state index in [2.05, 4.69) is 31.0 Å². The Morgan fingerprint density at radius 1 is 1.02 bits per heavy atom. The fourth-order valence-electron chi connectivity index (χ4n) is 5.45. The Balaban J connectivity index is 1.26. The van der Waals surface area contributed by atoms with E-state index < -0.39 is 12.3 Å². The number of benzene rings is 3. The summed E-state index contributed by atoms with van der Waals surface area (Å²) in [6.07, 6.45) is -1.75. The number of nitrogens with one attached hydrogen (secondary N) is 1. The van der Waals surface area contributed by atoms with Crippen molar-refractivity contribution < 1.29 is 32.2 Å². The number of nitriles is 1. The third kappa shape index (κ3) is 8.77. The lowest BCUT2D eigenvalue weighted by Crippen LogP contribution is -2.39. The first-order chi connectivity index (χ1) is 22.5. The maximum absolute atomic E-state index is 12.8. The Bertz CT molecular complexity index is 1720. The molecule has 1 aromatic heterocycles. The summed E-state index contributed by atoms with van der Waals surface area (Å²) in [6.45, 7) is 7.84. The number of ether oxygens (including phenoxy) is 3. The van der Waals surface area contributed by atoms with Crippen LogP contribution in [0.25, 0.3) is 11.1 Å². The Kier molecular flexibility index (Phi) is 10.3. The van der Waals surface area contributed by atoms with Gasteiger partial charge in [-0.1, -0.05) is 24.3 Å². The van der Waals surface area contributed by atoms with Crippen LogP contribution in [0.1, 0.15) is 52.4 Å². The topological polar surface area (TPSA) is 110 Å². The smallest absolute Gasteiger partial charge is 0.462 e. The lowest BCUT2D eigenvalue weighted by molar-refractivity contribution is -0.274. The number of anilines is 1. The molecule has 47 heavy (non-hydrogen) atoms. The molecule has 0 aliphatic carbocycles. The molecule has 1 saturated heterocycles. The van der Waals surface area contributed by atoms with Crippen molar-refractivity contribution in [2.45, 2.75) is 52.6 Å². The van der Waals surface area contributed by atoms with Gasteiger partial charge in [-0.15, -0.1) is 13.2 Å². The number of esters is 1. The van der Waals surface area contributed by atoms with Crippen molar-refractivity contribution in [3.63, 3.8) is 0 Å². The van der Waals surface area contributed by atoms with Gasteiger partial charge in [0.25, 0.3) is 0 Å². The second-order valence-electron chi connectivity index (χ2n) is 11.2. The lowest BCUT2D eigenvalue weighted by Gasteiger charge is -2.32. The molecule has 0 unspecified atom stereocenters. The van der Waals surface area contributed by atoms with E-state index in [1.807, 2.05) is 38.1 Å². The van der Waals surface area contributed by atoms with E-state index in [9.17, 15) is 18.0 Å². The highest BCUT2D eigenvalue weighted by Gasteiger charge is 2.31. The second kappa shape index (κ2) is 14.5. The number of rotatable bonds is 10. The number of aromatic nitrogens is 2. The zero-order chi connectivity index (χ0) is 33.6. The number of halogens is 3. The molecular weight excluding hydrogens is 611 g/mol. The number of carbonyl (C=O) groups excluding carboxylic acids is 1. The van der Waals surface area contributed by atoms with Crippen LogP contribution in [0, 0.1) is 25.2 Å². The molecule has 1 fully saturated rings. The van der Waals surface area contributed by atoms with Crippen LogP contribution in [0.3, 0.4) is 0 Å². The zero-order valence-electron chi connectivity index (χ0n) is 26.2. The van der Waals surface area contributed by atoms with Crippen molar-refractivity contribution >= 4 is 11.9 Å². The Labute approximate surface area is 270 Å². The molecule has 0 amide bonds. The number of hydrogen-bond donors (Lipinski definition) is 1. The van der Waals surface area contributed by atoms with Gasteiger partial charge in [-0.25, -0.2) is 9.78 Å². The summed E-state index contributed by atoms with van der Waals surface area (Å²) in [7, 11) is 0. The molecule has 1 N–H and O–H groups in total. The molecule has 1 aliphatic rings. The lowest BCUT2D eigenvalue weighted by atomic mass is 9.99. The van der Waals surface area contributed by atoms with Crippen LogP contribution in [0.2, 0.25) is 0 Å². The van der Waals surface area contributed by atoms with Crippen LogP contribution in [0.5, 0.6) is 17.4 Å². The largest absolute Gasteiger partial charge is 0.573 e. The highest BCUT2D eigenvalue weighted by molar-refractivity contribution is 5.91. The van der Waals surface area contributed by atoms with E-state index in [0.29, 0.717) is 23.8 Å². The van der Waals surface area contributed by atoms with Crippen molar-refractivity contribution in [3.05, 3.63) is 94.7 Å². The Morgan fingerprint density at radius 3 is 2.28 bits per heavy atom. The summed E-state index contributed by atoms with van der Waals surface area (Å²) in [5.74, 6) is 0.116. The molecule has 9 nitrogen and oxygen atoms in total. The van der Waals surface area contributed by atoms with E-state index in [1.54, 1.807) is 31.2 Å². The van der Waals surface area contributed by atoms with Crippen molar-refractivity contribution in [2.75, 3.05) is 25.0 Å². The molecule has 2 heterocycles. The molecule has 4 aromatic rings. The molecule has 0 saturated carbocycles. The highest BCUT2D eigenvalue weighted by atomic mass is 19.4. The number of likely N-dealkylation sites (tertiary alicyclic amines) is 1.